The van der Waals surface area contributed by atoms with Gasteiger partial charge in [-0.1, -0.05) is 18.2 Å². The zero-order chi connectivity index (χ0) is 18.8. The summed E-state index contributed by atoms with van der Waals surface area (Å²) >= 11 is 0. The van der Waals surface area contributed by atoms with E-state index in [2.05, 4.69) is 15.4 Å². The maximum atomic E-state index is 12.4. The zero-order valence-corrected chi connectivity index (χ0v) is 14.4. The van der Waals surface area contributed by atoms with E-state index in [1.807, 2.05) is 35.0 Å². The van der Waals surface area contributed by atoms with Gasteiger partial charge in [0.15, 0.2) is 0 Å². The van der Waals surface area contributed by atoms with Crippen molar-refractivity contribution in [2.75, 3.05) is 6.54 Å². The Morgan fingerprint density at radius 2 is 1.85 bits per heavy atom. The van der Waals surface area contributed by atoms with Crippen LogP contribution in [0.2, 0.25) is 0 Å². The van der Waals surface area contributed by atoms with Crippen LogP contribution in [0.5, 0.6) is 0 Å². The molecule has 0 bridgehead atoms. The highest BCUT2D eigenvalue weighted by Gasteiger charge is 2.10. The minimum atomic E-state index is -0.402. The first-order valence-electron chi connectivity index (χ1n) is 8.53. The highest BCUT2D eigenvalue weighted by Crippen LogP contribution is 2.05. The van der Waals surface area contributed by atoms with Crippen molar-refractivity contribution in [2.24, 2.45) is 0 Å². The molecule has 0 aliphatic carbocycles. The van der Waals surface area contributed by atoms with Crippen LogP contribution in [0.1, 0.15) is 5.69 Å². The van der Waals surface area contributed by atoms with Crippen LogP contribution >= 0.6 is 0 Å². The van der Waals surface area contributed by atoms with Gasteiger partial charge < -0.3 is 9.72 Å². The maximum Gasteiger partial charge on any atom is 0.273 e. The molecule has 2 N–H and O–H groups in total. The first-order valence-corrected chi connectivity index (χ1v) is 8.53. The van der Waals surface area contributed by atoms with Gasteiger partial charge in [0.1, 0.15) is 12.2 Å². The normalized spacial score (nSPS) is 11.1. The number of rotatable bonds is 5. The number of fused-ring (bicyclic) bond motifs is 2. The van der Waals surface area contributed by atoms with Gasteiger partial charge in [-0.05, 0) is 24.3 Å². The molecule has 0 aliphatic heterocycles. The molecule has 0 radical (unpaired) electrons. The number of H-pyrrole nitrogens is 1. The fourth-order valence-corrected chi connectivity index (χ4v) is 3.00. The van der Waals surface area contributed by atoms with Gasteiger partial charge in [-0.15, -0.1) is 0 Å². The zero-order valence-electron chi connectivity index (χ0n) is 14.4. The molecule has 0 saturated carbocycles. The van der Waals surface area contributed by atoms with Crippen LogP contribution in [0, 0.1) is 0 Å². The van der Waals surface area contributed by atoms with E-state index >= 15 is 0 Å². The average molecular weight is 363 g/mol. The van der Waals surface area contributed by atoms with Crippen LogP contribution in [-0.2, 0) is 17.8 Å². The molecule has 136 valence electrons. The van der Waals surface area contributed by atoms with E-state index in [-0.39, 0.29) is 12.5 Å². The smallest absolute Gasteiger partial charge is 0.273 e. The van der Waals surface area contributed by atoms with Gasteiger partial charge in [-0.3, -0.25) is 19.5 Å². The molecule has 4 rings (SSSR count). The Morgan fingerprint density at radius 3 is 2.67 bits per heavy atom. The largest absolute Gasteiger partial charge is 0.354 e. The van der Waals surface area contributed by atoms with E-state index in [0.717, 1.165) is 16.0 Å². The fraction of sp³-hybridized carbons (Fsp3) is 0.158. The number of pyridine rings is 1. The summed E-state index contributed by atoms with van der Waals surface area (Å²) in [5.41, 5.74) is 0.903. The monoisotopic (exact) mass is 363 g/mol. The van der Waals surface area contributed by atoms with Gasteiger partial charge >= 0.3 is 0 Å². The summed E-state index contributed by atoms with van der Waals surface area (Å²) in [6, 6.07) is 12.3. The number of aromatic nitrogens is 4. The second-order valence-corrected chi connectivity index (χ2v) is 6.18. The lowest BCUT2D eigenvalue weighted by molar-refractivity contribution is -0.121. The lowest BCUT2D eigenvalue weighted by Gasteiger charge is -2.07. The number of nitrogens with one attached hydrogen (secondary N) is 2. The Labute approximate surface area is 153 Å². The Kier molecular flexibility index (Phi) is 4.29. The van der Waals surface area contributed by atoms with Gasteiger partial charge in [0.05, 0.1) is 16.5 Å². The Morgan fingerprint density at radius 1 is 1.07 bits per heavy atom. The minimum Gasteiger partial charge on any atom is -0.354 e. The van der Waals surface area contributed by atoms with Crippen molar-refractivity contribution in [3.8, 4) is 0 Å². The lowest BCUT2D eigenvalue weighted by Crippen LogP contribution is -2.37. The predicted octanol–water partition coefficient (Wildman–Crippen LogP) is 0.696. The number of carbonyl (C=O) groups is 1. The van der Waals surface area contributed by atoms with Crippen molar-refractivity contribution in [1.29, 1.82) is 0 Å². The van der Waals surface area contributed by atoms with Crippen LogP contribution in [0.15, 0.2) is 64.4 Å². The molecule has 1 aromatic carbocycles. The number of carbonyl (C=O) groups excluding carboxylic acids is 1. The molecule has 0 saturated heterocycles. The number of hydrogen-bond donors (Lipinski definition) is 2. The molecule has 0 aliphatic rings. The van der Waals surface area contributed by atoms with E-state index in [1.165, 1.54) is 0 Å². The summed E-state index contributed by atoms with van der Waals surface area (Å²) in [6.45, 7) is 0.138. The molecular weight excluding hydrogens is 346 g/mol. The van der Waals surface area contributed by atoms with E-state index < -0.39 is 11.1 Å². The molecule has 1 amide bonds. The summed E-state index contributed by atoms with van der Waals surface area (Å²) in [7, 11) is 0. The third-order valence-electron chi connectivity index (χ3n) is 4.30. The number of amides is 1. The Balaban J connectivity index is 1.42. The van der Waals surface area contributed by atoms with Gasteiger partial charge in [-0.2, -0.15) is 0 Å². The topological polar surface area (TPSA) is 101 Å². The molecule has 4 aromatic rings. The number of hydrogen-bond acceptors (Lipinski definition) is 4. The summed E-state index contributed by atoms with van der Waals surface area (Å²) in [4.78, 5) is 41.1. The van der Waals surface area contributed by atoms with Crippen molar-refractivity contribution >= 4 is 22.3 Å². The van der Waals surface area contributed by atoms with Crippen molar-refractivity contribution in [2.45, 2.75) is 13.0 Å². The van der Waals surface area contributed by atoms with Gasteiger partial charge in [0.25, 0.3) is 11.1 Å². The molecule has 3 aromatic heterocycles. The van der Waals surface area contributed by atoms with E-state index in [4.69, 9.17) is 0 Å². The summed E-state index contributed by atoms with van der Waals surface area (Å²) < 4.78 is 2.95. The Bertz CT molecular complexity index is 1220. The number of imidazole rings is 1. The van der Waals surface area contributed by atoms with Crippen LogP contribution in [0.25, 0.3) is 16.4 Å². The number of benzene rings is 1. The first-order chi connectivity index (χ1) is 13.1. The molecule has 0 atom stereocenters. The average Bonchev–Trinajstić information content (AvgIpc) is 3.09. The molecule has 0 fully saturated rings. The quantitative estimate of drug-likeness (QED) is 0.545. The second kappa shape index (κ2) is 6.91. The highest BCUT2D eigenvalue weighted by molar-refractivity contribution is 5.81. The third kappa shape index (κ3) is 3.37. The maximum absolute atomic E-state index is 12.4. The number of nitrogens with zero attached hydrogens (tertiary/aromatic N) is 3. The minimum absolute atomic E-state index is 0.246. The van der Waals surface area contributed by atoms with E-state index in [1.54, 1.807) is 24.3 Å². The summed E-state index contributed by atoms with van der Waals surface area (Å²) in [5, 5.41) is 5.80. The molecule has 8 heteroatoms. The predicted molar refractivity (Wildman–Crippen MR) is 101 cm³/mol. The van der Waals surface area contributed by atoms with Crippen LogP contribution in [0.4, 0.5) is 0 Å². The molecular formula is C19H17N5O3. The van der Waals surface area contributed by atoms with E-state index in [0.29, 0.717) is 23.7 Å². The van der Waals surface area contributed by atoms with Crippen molar-refractivity contribution < 1.29 is 4.79 Å². The Hall–Kier alpha value is -3.68. The van der Waals surface area contributed by atoms with Crippen molar-refractivity contribution in [3.05, 3.63) is 81.3 Å². The highest BCUT2D eigenvalue weighted by atomic mass is 16.2. The standard InChI is InChI=1S/C19H17N5O3/c25-17(20-9-8-13-11-23-10-4-3-7-16(23)21-13)12-24-19(27)15-6-2-1-5-14(15)18(26)22-24/h1-7,10-11H,8-9,12H2,(H,20,25)(H,22,26). The van der Waals surface area contributed by atoms with Gasteiger partial charge in [0, 0.05) is 25.4 Å². The van der Waals surface area contributed by atoms with Gasteiger partial charge in [-0.25, -0.2) is 9.67 Å². The number of aromatic amines is 1. The van der Waals surface area contributed by atoms with Crippen LogP contribution < -0.4 is 16.4 Å². The summed E-state index contributed by atoms with van der Waals surface area (Å²) in [5.74, 6) is -0.355. The molecule has 0 spiro atoms. The molecule has 0 unspecified atom stereocenters. The summed E-state index contributed by atoms with van der Waals surface area (Å²) in [6.07, 6.45) is 4.39. The van der Waals surface area contributed by atoms with Crippen molar-refractivity contribution in [3.63, 3.8) is 0 Å². The molecule has 27 heavy (non-hydrogen) atoms. The van der Waals surface area contributed by atoms with Crippen LogP contribution in [0.3, 0.4) is 0 Å². The van der Waals surface area contributed by atoms with E-state index in [9.17, 15) is 14.4 Å². The third-order valence-corrected chi connectivity index (χ3v) is 4.30. The van der Waals surface area contributed by atoms with Crippen molar-refractivity contribution in [1.82, 2.24) is 24.5 Å². The lowest BCUT2D eigenvalue weighted by atomic mass is 10.2. The van der Waals surface area contributed by atoms with Crippen LogP contribution in [-0.4, -0.2) is 31.6 Å². The fourth-order valence-electron chi connectivity index (χ4n) is 3.00. The second-order valence-electron chi connectivity index (χ2n) is 6.18. The molecule has 3 heterocycles. The first kappa shape index (κ1) is 16.8. The SMILES string of the molecule is O=C(Cn1[nH]c(=O)c2ccccc2c1=O)NCCc1cn2ccccc2n1. The molecule has 8 nitrogen and oxygen atoms in total. The van der Waals surface area contributed by atoms with Gasteiger partial charge in [0.2, 0.25) is 5.91 Å².